The second-order valence-electron chi connectivity index (χ2n) is 7.65. The maximum atomic E-state index is 12.8. The number of aliphatic carboxylic acids is 1. The van der Waals surface area contributed by atoms with Crippen molar-refractivity contribution < 1.29 is 14.7 Å². The van der Waals surface area contributed by atoms with Crippen LogP contribution in [0, 0.1) is 0 Å². The number of nitrogens with zero attached hydrogens (tertiary/aromatic N) is 3. The second kappa shape index (κ2) is 10.3. The van der Waals surface area contributed by atoms with Crippen LogP contribution >= 0.6 is 12.4 Å². The van der Waals surface area contributed by atoms with Gasteiger partial charge >= 0.3 is 5.97 Å². The predicted molar refractivity (Wildman–Crippen MR) is 101 cm³/mol. The fourth-order valence-electron chi connectivity index (χ4n) is 4.23. The minimum absolute atomic E-state index is 0. The molecule has 0 aromatic carbocycles. The van der Waals surface area contributed by atoms with Gasteiger partial charge in [0.15, 0.2) is 0 Å². The quantitative estimate of drug-likeness (QED) is 0.738. The molecule has 1 heterocycles. The molecule has 1 aliphatic carbocycles. The standard InChI is InChI=1S/C18H33N3O3.ClH/c1-14(2)21(16-6-4-5-7-16)17(22)12-20-10-8-15(9-11-20)19(3)13-18(23)24;/h14-16H,4-13H2,1-3H3,(H,23,24);1H. The van der Waals surface area contributed by atoms with Gasteiger partial charge in [-0.15, -0.1) is 12.4 Å². The van der Waals surface area contributed by atoms with Crippen molar-refractivity contribution in [3.8, 4) is 0 Å². The molecule has 0 aromatic heterocycles. The van der Waals surface area contributed by atoms with Crippen LogP contribution in [0.1, 0.15) is 52.4 Å². The Balaban J connectivity index is 0.00000312. The first-order chi connectivity index (χ1) is 11.4. The molecule has 0 bridgehead atoms. The van der Waals surface area contributed by atoms with E-state index in [2.05, 4.69) is 23.6 Å². The van der Waals surface area contributed by atoms with Gasteiger partial charge in [0.05, 0.1) is 13.1 Å². The van der Waals surface area contributed by atoms with E-state index in [0.717, 1.165) is 38.8 Å². The van der Waals surface area contributed by atoms with Gasteiger partial charge in [-0.25, -0.2) is 0 Å². The summed E-state index contributed by atoms with van der Waals surface area (Å²) >= 11 is 0. The van der Waals surface area contributed by atoms with E-state index in [4.69, 9.17) is 5.11 Å². The summed E-state index contributed by atoms with van der Waals surface area (Å²) in [6.45, 7) is 6.57. The number of carboxylic acids is 1. The Bertz CT molecular complexity index is 433. The normalized spacial score (nSPS) is 20.0. The van der Waals surface area contributed by atoms with Crippen molar-refractivity contribution in [2.75, 3.05) is 33.2 Å². The molecule has 1 amide bonds. The predicted octanol–water partition coefficient (Wildman–Crippen LogP) is 2.07. The third kappa shape index (κ3) is 6.42. The first-order valence-corrected chi connectivity index (χ1v) is 9.34. The van der Waals surface area contributed by atoms with Crippen LogP contribution in [0.2, 0.25) is 0 Å². The Morgan fingerprint density at radius 3 is 2.12 bits per heavy atom. The van der Waals surface area contributed by atoms with Gasteiger partial charge in [-0.1, -0.05) is 12.8 Å². The lowest BCUT2D eigenvalue weighted by Gasteiger charge is -2.38. The Hall–Kier alpha value is -0.850. The number of likely N-dealkylation sites (tertiary alicyclic amines) is 1. The molecular weight excluding hydrogens is 342 g/mol. The lowest BCUT2D eigenvalue weighted by molar-refractivity contribution is -0.138. The number of amides is 1. The van der Waals surface area contributed by atoms with Crippen LogP contribution in [0.3, 0.4) is 0 Å². The maximum absolute atomic E-state index is 12.8. The van der Waals surface area contributed by atoms with Gasteiger partial charge in [-0.3, -0.25) is 19.4 Å². The highest BCUT2D eigenvalue weighted by Gasteiger charge is 2.31. The van der Waals surface area contributed by atoms with Gasteiger partial charge in [0.2, 0.25) is 5.91 Å². The van der Waals surface area contributed by atoms with Gasteiger partial charge < -0.3 is 10.0 Å². The zero-order valence-electron chi connectivity index (χ0n) is 15.8. The lowest BCUT2D eigenvalue weighted by atomic mass is 10.0. The van der Waals surface area contributed by atoms with Crippen molar-refractivity contribution in [3.05, 3.63) is 0 Å². The average Bonchev–Trinajstić information content (AvgIpc) is 3.00. The van der Waals surface area contributed by atoms with Crippen molar-refractivity contribution >= 4 is 24.3 Å². The van der Waals surface area contributed by atoms with E-state index in [1.807, 2.05) is 11.9 Å². The molecule has 0 radical (unpaired) electrons. The molecule has 25 heavy (non-hydrogen) atoms. The summed E-state index contributed by atoms with van der Waals surface area (Å²) in [5.74, 6) is -0.520. The highest BCUT2D eigenvalue weighted by atomic mass is 35.5. The van der Waals surface area contributed by atoms with Crippen molar-refractivity contribution in [2.45, 2.75) is 70.5 Å². The fraction of sp³-hybridized carbons (Fsp3) is 0.889. The molecule has 2 fully saturated rings. The minimum atomic E-state index is -0.778. The van der Waals surface area contributed by atoms with E-state index in [-0.39, 0.29) is 30.9 Å². The third-order valence-corrected chi connectivity index (χ3v) is 5.49. The largest absolute Gasteiger partial charge is 0.480 e. The number of rotatable bonds is 7. The summed E-state index contributed by atoms with van der Waals surface area (Å²) in [6, 6.07) is 1.00. The van der Waals surface area contributed by atoms with E-state index < -0.39 is 5.97 Å². The first-order valence-electron chi connectivity index (χ1n) is 9.34. The van der Waals surface area contributed by atoms with Crippen LogP contribution in [-0.4, -0.2) is 83.0 Å². The number of likely N-dealkylation sites (N-methyl/N-ethyl adjacent to an activating group) is 1. The molecule has 6 nitrogen and oxygen atoms in total. The number of piperidine rings is 1. The summed E-state index contributed by atoms with van der Waals surface area (Å²) < 4.78 is 0. The summed E-state index contributed by atoms with van der Waals surface area (Å²) in [4.78, 5) is 29.9. The molecule has 0 aromatic rings. The third-order valence-electron chi connectivity index (χ3n) is 5.49. The zero-order chi connectivity index (χ0) is 17.7. The Morgan fingerprint density at radius 2 is 1.64 bits per heavy atom. The van der Waals surface area contributed by atoms with Gasteiger partial charge in [-0.2, -0.15) is 0 Å². The first kappa shape index (κ1) is 22.2. The number of carboxylic acid groups (broad SMARTS) is 1. The van der Waals surface area contributed by atoms with Crippen LogP contribution in [0.4, 0.5) is 0 Å². The molecule has 0 atom stereocenters. The van der Waals surface area contributed by atoms with Crippen LogP contribution < -0.4 is 0 Å². The Labute approximate surface area is 157 Å². The van der Waals surface area contributed by atoms with Crippen LogP contribution in [0.25, 0.3) is 0 Å². The zero-order valence-corrected chi connectivity index (χ0v) is 16.6. The highest BCUT2D eigenvalue weighted by Crippen LogP contribution is 2.25. The molecule has 146 valence electrons. The summed E-state index contributed by atoms with van der Waals surface area (Å²) in [5, 5.41) is 8.90. The second-order valence-corrected chi connectivity index (χ2v) is 7.65. The summed E-state index contributed by atoms with van der Waals surface area (Å²) in [5.41, 5.74) is 0. The van der Waals surface area contributed by atoms with Crippen molar-refractivity contribution in [1.29, 1.82) is 0 Å². The highest BCUT2D eigenvalue weighted by molar-refractivity contribution is 5.85. The van der Waals surface area contributed by atoms with Gasteiger partial charge in [-0.05, 0) is 46.6 Å². The molecule has 1 aliphatic heterocycles. The monoisotopic (exact) mass is 375 g/mol. The van der Waals surface area contributed by atoms with Crippen molar-refractivity contribution in [3.63, 3.8) is 0 Å². The van der Waals surface area contributed by atoms with E-state index in [0.29, 0.717) is 18.6 Å². The minimum Gasteiger partial charge on any atom is -0.480 e. The number of carbonyl (C=O) groups excluding carboxylic acids is 1. The fourth-order valence-corrected chi connectivity index (χ4v) is 4.23. The van der Waals surface area contributed by atoms with Crippen LogP contribution in [-0.2, 0) is 9.59 Å². The molecule has 1 saturated carbocycles. The number of hydrogen-bond donors (Lipinski definition) is 1. The Morgan fingerprint density at radius 1 is 1.08 bits per heavy atom. The molecular formula is C18H34ClN3O3. The van der Waals surface area contributed by atoms with Gasteiger partial charge in [0.25, 0.3) is 0 Å². The van der Waals surface area contributed by atoms with Gasteiger partial charge in [0.1, 0.15) is 0 Å². The lowest BCUT2D eigenvalue weighted by Crippen LogP contribution is -2.51. The summed E-state index contributed by atoms with van der Waals surface area (Å²) in [6.07, 6.45) is 6.63. The van der Waals surface area contributed by atoms with Crippen molar-refractivity contribution in [2.24, 2.45) is 0 Å². The average molecular weight is 376 g/mol. The Kier molecular flexibility index (Phi) is 9.17. The smallest absolute Gasteiger partial charge is 0.317 e. The van der Waals surface area contributed by atoms with E-state index >= 15 is 0 Å². The molecule has 7 heteroatoms. The topological polar surface area (TPSA) is 64.1 Å². The SMILES string of the molecule is CC(C)N(C(=O)CN1CCC(N(C)CC(=O)O)CC1)C1CCCC1.Cl. The molecule has 1 saturated heterocycles. The molecule has 2 rings (SSSR count). The number of halogens is 1. The molecule has 2 aliphatic rings. The van der Waals surface area contributed by atoms with Crippen molar-refractivity contribution in [1.82, 2.24) is 14.7 Å². The van der Waals surface area contributed by atoms with Crippen LogP contribution in [0.15, 0.2) is 0 Å². The molecule has 1 N–H and O–H groups in total. The van der Waals surface area contributed by atoms with Gasteiger partial charge in [0, 0.05) is 31.2 Å². The molecule has 0 spiro atoms. The number of carbonyl (C=O) groups is 2. The van der Waals surface area contributed by atoms with E-state index in [9.17, 15) is 9.59 Å². The van der Waals surface area contributed by atoms with E-state index in [1.54, 1.807) is 0 Å². The summed E-state index contributed by atoms with van der Waals surface area (Å²) in [7, 11) is 1.88. The molecule has 0 unspecified atom stereocenters. The van der Waals surface area contributed by atoms with Crippen LogP contribution in [0.5, 0.6) is 0 Å². The number of hydrogen-bond acceptors (Lipinski definition) is 4. The van der Waals surface area contributed by atoms with E-state index in [1.165, 1.54) is 12.8 Å². The maximum Gasteiger partial charge on any atom is 0.317 e.